The Labute approximate surface area is 168 Å². The van der Waals surface area contributed by atoms with Gasteiger partial charge in [0.15, 0.2) is 11.2 Å². The molecule has 0 aliphatic carbocycles. The summed E-state index contributed by atoms with van der Waals surface area (Å²) in [6, 6.07) is 10.9. The number of anilines is 2. The van der Waals surface area contributed by atoms with Crippen LogP contribution in [0.4, 0.5) is 10.8 Å². The Kier molecular flexibility index (Phi) is 4.86. The number of hydrogen-bond acceptors (Lipinski definition) is 6. The van der Waals surface area contributed by atoms with Crippen molar-refractivity contribution in [3.63, 3.8) is 0 Å². The average molecular weight is 420 g/mol. The topological polar surface area (TPSA) is 71.5 Å². The Balaban J connectivity index is 1.50. The molecule has 4 rings (SSSR count). The fourth-order valence-corrected chi connectivity index (χ4v) is 4.54. The Hall–Kier alpha value is -2.42. The molecule has 1 aromatic carbocycles. The van der Waals surface area contributed by atoms with Crippen molar-refractivity contribution < 1.29 is 14.3 Å². The molecule has 27 heavy (non-hydrogen) atoms. The van der Waals surface area contributed by atoms with Gasteiger partial charge in [0.1, 0.15) is 5.75 Å². The van der Waals surface area contributed by atoms with E-state index in [-0.39, 0.29) is 18.4 Å². The second-order valence-electron chi connectivity index (χ2n) is 5.83. The summed E-state index contributed by atoms with van der Waals surface area (Å²) >= 11 is 8.71. The lowest BCUT2D eigenvalue weighted by molar-refractivity contribution is -0.123. The first kappa shape index (κ1) is 18.0. The minimum atomic E-state index is -0.813. The highest BCUT2D eigenvalue weighted by Gasteiger charge is 2.32. The molecule has 9 heteroatoms. The number of thiazole rings is 1. The first-order valence-corrected chi connectivity index (χ1v) is 10.1. The van der Waals surface area contributed by atoms with E-state index in [2.05, 4.69) is 10.3 Å². The van der Waals surface area contributed by atoms with Gasteiger partial charge in [-0.15, -0.1) is 22.7 Å². The van der Waals surface area contributed by atoms with Crippen LogP contribution >= 0.6 is 34.3 Å². The fraction of sp³-hybridized carbons (Fsp3) is 0.167. The van der Waals surface area contributed by atoms with Crippen LogP contribution in [0.25, 0.3) is 10.6 Å². The zero-order valence-electron chi connectivity index (χ0n) is 14.1. The molecule has 0 fully saturated rings. The molecule has 2 amide bonds. The fourth-order valence-electron chi connectivity index (χ4n) is 2.75. The molecule has 3 aromatic rings. The number of amides is 2. The molecule has 3 heterocycles. The van der Waals surface area contributed by atoms with Crippen molar-refractivity contribution in [1.29, 1.82) is 0 Å². The molecule has 0 radical (unpaired) electrons. The number of aromatic nitrogens is 1. The van der Waals surface area contributed by atoms with E-state index in [0.29, 0.717) is 20.9 Å². The lowest BCUT2D eigenvalue weighted by Gasteiger charge is -2.33. The summed E-state index contributed by atoms with van der Waals surface area (Å²) in [7, 11) is 0. The van der Waals surface area contributed by atoms with E-state index in [1.807, 2.05) is 23.6 Å². The second kappa shape index (κ2) is 7.30. The number of fused-ring (bicyclic) bond motifs is 1. The van der Waals surface area contributed by atoms with Gasteiger partial charge in [-0.25, -0.2) is 4.98 Å². The maximum absolute atomic E-state index is 12.7. The highest BCUT2D eigenvalue weighted by molar-refractivity contribution is 7.20. The Bertz CT molecular complexity index is 1020. The van der Waals surface area contributed by atoms with E-state index in [4.69, 9.17) is 16.3 Å². The predicted octanol–water partition coefficient (Wildman–Crippen LogP) is 4.28. The predicted molar refractivity (Wildman–Crippen MR) is 108 cm³/mol. The number of hydrogen-bond donors (Lipinski definition) is 1. The third-order valence-corrected chi connectivity index (χ3v) is 6.02. The largest absolute Gasteiger partial charge is 0.476 e. The average Bonchev–Trinajstić information content (AvgIpc) is 3.29. The molecule has 0 saturated carbocycles. The first-order chi connectivity index (χ1) is 13.0. The van der Waals surface area contributed by atoms with Gasteiger partial charge in [0, 0.05) is 12.3 Å². The van der Waals surface area contributed by atoms with Gasteiger partial charge in [-0.3, -0.25) is 14.9 Å². The van der Waals surface area contributed by atoms with Crippen molar-refractivity contribution in [2.75, 3.05) is 16.8 Å². The van der Waals surface area contributed by atoms with E-state index in [1.165, 1.54) is 29.6 Å². The number of rotatable bonds is 3. The maximum atomic E-state index is 12.7. The van der Waals surface area contributed by atoms with Crippen molar-refractivity contribution in [1.82, 2.24) is 4.98 Å². The summed E-state index contributed by atoms with van der Waals surface area (Å²) in [4.78, 5) is 31.5. The van der Waals surface area contributed by atoms with Gasteiger partial charge in [-0.2, -0.15) is 0 Å². The second-order valence-corrected chi connectivity index (χ2v) is 8.41. The Morgan fingerprint density at radius 3 is 2.85 bits per heavy atom. The van der Waals surface area contributed by atoms with Gasteiger partial charge >= 0.3 is 0 Å². The maximum Gasteiger partial charge on any atom is 0.269 e. The zero-order valence-corrected chi connectivity index (χ0v) is 16.5. The molecular weight excluding hydrogens is 406 g/mol. The number of carbonyl (C=O) groups is 2. The smallest absolute Gasteiger partial charge is 0.269 e. The van der Waals surface area contributed by atoms with Crippen LogP contribution < -0.4 is 15.0 Å². The lowest BCUT2D eigenvalue weighted by Crippen LogP contribution is -2.48. The molecule has 1 atom stereocenters. The molecule has 1 unspecified atom stereocenters. The van der Waals surface area contributed by atoms with E-state index < -0.39 is 6.10 Å². The van der Waals surface area contributed by atoms with Gasteiger partial charge in [0.2, 0.25) is 5.91 Å². The molecule has 0 saturated heterocycles. The SMILES string of the molecule is CC(=O)N1CC(C(=O)Nc2nc(-c3ccc(Cl)s3)cs2)Oc2ccccc21. The van der Waals surface area contributed by atoms with E-state index >= 15 is 0 Å². The number of nitrogens with one attached hydrogen (secondary N) is 1. The van der Waals surface area contributed by atoms with Crippen LogP contribution in [0, 0.1) is 0 Å². The highest BCUT2D eigenvalue weighted by atomic mass is 35.5. The van der Waals surface area contributed by atoms with E-state index in [0.717, 1.165) is 10.6 Å². The van der Waals surface area contributed by atoms with Crippen LogP contribution in [0.1, 0.15) is 6.92 Å². The number of ether oxygens (including phenoxy) is 1. The number of nitrogens with zero attached hydrogens (tertiary/aromatic N) is 2. The van der Waals surface area contributed by atoms with Crippen molar-refractivity contribution in [2.24, 2.45) is 0 Å². The molecule has 0 bridgehead atoms. The summed E-state index contributed by atoms with van der Waals surface area (Å²) < 4.78 is 6.48. The summed E-state index contributed by atoms with van der Waals surface area (Å²) in [5, 5.41) is 5.10. The first-order valence-electron chi connectivity index (χ1n) is 8.07. The van der Waals surface area contributed by atoms with E-state index in [9.17, 15) is 9.59 Å². The van der Waals surface area contributed by atoms with Gasteiger partial charge in [0.05, 0.1) is 27.1 Å². The van der Waals surface area contributed by atoms with Gasteiger partial charge in [-0.05, 0) is 24.3 Å². The highest BCUT2D eigenvalue weighted by Crippen LogP contribution is 2.35. The molecule has 1 N–H and O–H groups in total. The number of benzene rings is 1. The summed E-state index contributed by atoms with van der Waals surface area (Å²) in [6.45, 7) is 1.62. The van der Waals surface area contributed by atoms with Crippen LogP contribution in [0.2, 0.25) is 4.34 Å². The van der Waals surface area contributed by atoms with Crippen molar-refractivity contribution in [3.8, 4) is 16.3 Å². The van der Waals surface area contributed by atoms with Crippen LogP contribution in [-0.4, -0.2) is 29.4 Å². The van der Waals surface area contributed by atoms with Crippen molar-refractivity contribution in [3.05, 3.63) is 46.1 Å². The summed E-state index contributed by atoms with van der Waals surface area (Å²) in [5.41, 5.74) is 1.42. The molecule has 1 aliphatic rings. The van der Waals surface area contributed by atoms with Crippen molar-refractivity contribution >= 4 is 56.9 Å². The molecular formula is C18H14ClN3O3S2. The minimum Gasteiger partial charge on any atom is -0.476 e. The minimum absolute atomic E-state index is 0.144. The normalized spacial score (nSPS) is 15.8. The zero-order chi connectivity index (χ0) is 19.0. The molecule has 6 nitrogen and oxygen atoms in total. The summed E-state index contributed by atoms with van der Waals surface area (Å²) in [6.07, 6.45) is -0.813. The molecule has 1 aliphatic heterocycles. The quantitative estimate of drug-likeness (QED) is 0.687. The monoisotopic (exact) mass is 419 g/mol. The lowest BCUT2D eigenvalue weighted by atomic mass is 10.2. The van der Waals surface area contributed by atoms with Crippen molar-refractivity contribution in [2.45, 2.75) is 13.0 Å². The number of thiophene rings is 1. The van der Waals surface area contributed by atoms with Crippen LogP contribution in [0.15, 0.2) is 41.8 Å². The Morgan fingerprint density at radius 2 is 2.11 bits per heavy atom. The number of halogens is 1. The van der Waals surface area contributed by atoms with Gasteiger partial charge in [-0.1, -0.05) is 23.7 Å². The Morgan fingerprint density at radius 1 is 1.30 bits per heavy atom. The van der Waals surface area contributed by atoms with Gasteiger partial charge < -0.3 is 9.64 Å². The van der Waals surface area contributed by atoms with Gasteiger partial charge in [0.25, 0.3) is 5.91 Å². The number of carbonyl (C=O) groups excluding carboxylic acids is 2. The number of para-hydroxylation sites is 2. The molecule has 2 aromatic heterocycles. The van der Waals surface area contributed by atoms with E-state index in [1.54, 1.807) is 23.1 Å². The van der Waals surface area contributed by atoms with Crippen LogP contribution in [0.3, 0.4) is 0 Å². The third-order valence-electron chi connectivity index (χ3n) is 4.01. The molecule has 138 valence electrons. The summed E-state index contributed by atoms with van der Waals surface area (Å²) in [5.74, 6) is 0.0164. The van der Waals surface area contributed by atoms with Crippen LogP contribution in [0.5, 0.6) is 5.75 Å². The molecule has 0 spiro atoms. The standard InChI is InChI=1S/C18H14ClN3O3S2/c1-10(23)22-8-14(25-13-5-3-2-4-12(13)22)17(24)21-18-20-11(9-26-18)15-6-7-16(19)27-15/h2-7,9,14H,8H2,1H3,(H,20,21,24). The van der Waals surface area contributed by atoms with Crippen LogP contribution in [-0.2, 0) is 9.59 Å². The third kappa shape index (κ3) is 3.69.